The van der Waals surface area contributed by atoms with E-state index in [0.29, 0.717) is 0 Å². The second kappa shape index (κ2) is 12.5. The van der Waals surface area contributed by atoms with Crippen LogP contribution in [0.1, 0.15) is 25.0 Å². The average Bonchev–Trinajstić information content (AvgIpc) is 3.87. The summed E-state index contributed by atoms with van der Waals surface area (Å²) in [6.45, 7) is 4.60. The Labute approximate surface area is 352 Å². The van der Waals surface area contributed by atoms with Crippen molar-refractivity contribution in [2.75, 3.05) is 10.1 Å². The molecule has 0 aliphatic carbocycles. The molecule has 2 aromatic heterocycles. The fraction of sp³-hybridized carbons (Fsp3) is 0.0545. The monoisotopic (exact) mass is 784 g/mol. The van der Waals surface area contributed by atoms with Gasteiger partial charge in [-0.25, -0.2) is 0 Å². The summed E-state index contributed by atoms with van der Waals surface area (Å²) in [5.41, 5.74) is 16.1. The van der Waals surface area contributed by atoms with Gasteiger partial charge in [0, 0.05) is 64.5 Å². The molecule has 5 heteroatoms. The molecule has 4 heterocycles. The van der Waals surface area contributed by atoms with Gasteiger partial charge < -0.3 is 14.5 Å². The molecule has 0 spiro atoms. The Morgan fingerprint density at radius 3 is 2.25 bits per heavy atom. The van der Waals surface area contributed by atoms with Crippen molar-refractivity contribution in [3.8, 4) is 22.3 Å². The van der Waals surface area contributed by atoms with Crippen LogP contribution in [0.5, 0.6) is 0 Å². The van der Waals surface area contributed by atoms with Crippen LogP contribution in [0.25, 0.3) is 75.1 Å². The molecule has 60 heavy (non-hydrogen) atoms. The second-order valence-corrected chi connectivity index (χ2v) is 17.9. The van der Waals surface area contributed by atoms with Gasteiger partial charge in [-0.1, -0.05) is 159 Å². The van der Waals surface area contributed by atoms with Gasteiger partial charge in [0.25, 0.3) is 0 Å². The number of thiophene rings is 1. The number of hydrogen-bond donors (Lipinski definition) is 1. The molecule has 2 aliphatic heterocycles. The first-order valence-electron chi connectivity index (χ1n) is 20.8. The molecule has 3 nitrogen and oxygen atoms in total. The zero-order valence-corrected chi connectivity index (χ0v) is 34.0. The number of nitrogens with zero attached hydrogens (tertiary/aromatic N) is 1. The highest BCUT2D eigenvalue weighted by atomic mass is 32.1. The number of furan rings is 1. The lowest BCUT2D eigenvalue weighted by Gasteiger charge is -2.44. The van der Waals surface area contributed by atoms with Gasteiger partial charge in [-0.15, -0.1) is 11.3 Å². The third kappa shape index (κ3) is 4.72. The van der Waals surface area contributed by atoms with Gasteiger partial charge in [-0.3, -0.25) is 0 Å². The molecular formula is C55H37BN2OS. The van der Waals surface area contributed by atoms with E-state index in [1.807, 2.05) is 11.3 Å². The summed E-state index contributed by atoms with van der Waals surface area (Å²) in [7, 11) is 0. The topological polar surface area (TPSA) is 28.4 Å². The van der Waals surface area contributed by atoms with Crippen LogP contribution in [0, 0.1) is 0 Å². The highest BCUT2D eigenvalue weighted by molar-refractivity contribution is 7.26. The van der Waals surface area contributed by atoms with Crippen LogP contribution in [0.2, 0.25) is 0 Å². The summed E-state index contributed by atoms with van der Waals surface area (Å²) >= 11 is 1.91. The Bertz CT molecular complexity index is 3580. The van der Waals surface area contributed by atoms with E-state index in [1.165, 1.54) is 86.6 Å². The van der Waals surface area contributed by atoms with Crippen molar-refractivity contribution in [2.24, 2.45) is 0 Å². The molecule has 2 aliphatic rings. The number of hydrogen-bond acceptors (Lipinski definition) is 4. The van der Waals surface area contributed by atoms with Crippen LogP contribution < -0.4 is 21.1 Å². The smallest absolute Gasteiger partial charge is 0.333 e. The Morgan fingerprint density at radius 1 is 0.583 bits per heavy atom. The molecule has 9 aromatic carbocycles. The van der Waals surface area contributed by atoms with E-state index in [0.717, 1.165) is 33.3 Å². The SMILES string of the molecule is CC(C)(c1ccc2ccccc2c1)c1cccc2c1Nc1cc3c(sc4ccccc43)c3c1B2N(c1cccc2c1oc1ccccc12)c1ccc(-c2ccccc2)cc1-3. The summed E-state index contributed by atoms with van der Waals surface area (Å²) in [5.74, 6) is 0. The van der Waals surface area contributed by atoms with Crippen LogP contribution in [0.3, 0.4) is 0 Å². The Balaban J connectivity index is 1.14. The lowest BCUT2D eigenvalue weighted by atomic mass is 9.43. The van der Waals surface area contributed by atoms with Crippen molar-refractivity contribution in [3.63, 3.8) is 0 Å². The van der Waals surface area contributed by atoms with E-state index in [4.69, 9.17) is 4.42 Å². The molecule has 1 N–H and O–H groups in total. The molecule has 0 radical (unpaired) electrons. The minimum absolute atomic E-state index is 0.151. The molecule has 0 bridgehead atoms. The maximum atomic E-state index is 6.89. The fourth-order valence-corrected chi connectivity index (χ4v) is 11.6. The van der Waals surface area contributed by atoms with Crippen molar-refractivity contribution in [1.82, 2.24) is 0 Å². The van der Waals surface area contributed by atoms with Crippen molar-refractivity contribution < 1.29 is 4.42 Å². The average molecular weight is 785 g/mol. The molecule has 13 rings (SSSR count). The van der Waals surface area contributed by atoms with Gasteiger partial charge >= 0.3 is 6.85 Å². The number of rotatable bonds is 4. The lowest BCUT2D eigenvalue weighted by Crippen LogP contribution is -2.60. The van der Waals surface area contributed by atoms with E-state index >= 15 is 0 Å². The molecule has 0 atom stereocenters. The van der Waals surface area contributed by atoms with Crippen LogP contribution >= 0.6 is 11.3 Å². The largest absolute Gasteiger partial charge is 0.454 e. The van der Waals surface area contributed by atoms with Crippen molar-refractivity contribution >= 4 is 105 Å². The first-order valence-corrected chi connectivity index (χ1v) is 21.6. The van der Waals surface area contributed by atoms with E-state index in [-0.39, 0.29) is 12.3 Å². The van der Waals surface area contributed by atoms with Gasteiger partial charge in [-0.05, 0) is 80.4 Å². The van der Waals surface area contributed by atoms with Crippen molar-refractivity contribution in [1.29, 1.82) is 0 Å². The van der Waals surface area contributed by atoms with Gasteiger partial charge in [0.1, 0.15) is 5.58 Å². The number of fused-ring (bicyclic) bond motifs is 12. The summed E-state index contributed by atoms with van der Waals surface area (Å²) in [5, 5.41) is 11.5. The van der Waals surface area contributed by atoms with Crippen LogP contribution in [-0.4, -0.2) is 6.85 Å². The normalized spacial score (nSPS) is 13.2. The van der Waals surface area contributed by atoms with Crippen molar-refractivity contribution in [3.05, 3.63) is 193 Å². The first kappa shape index (κ1) is 33.9. The Kier molecular flexibility index (Phi) is 7.03. The summed E-state index contributed by atoms with van der Waals surface area (Å²) in [6, 6.07) is 66.9. The molecule has 0 saturated carbocycles. The van der Waals surface area contributed by atoms with Gasteiger partial charge in [0.05, 0.1) is 5.69 Å². The highest BCUT2D eigenvalue weighted by Crippen LogP contribution is 2.52. The first-order chi connectivity index (χ1) is 29.5. The number of benzene rings is 9. The third-order valence-electron chi connectivity index (χ3n) is 13.3. The Morgan fingerprint density at radius 2 is 1.35 bits per heavy atom. The van der Waals surface area contributed by atoms with E-state index in [1.54, 1.807) is 0 Å². The summed E-state index contributed by atoms with van der Waals surface area (Å²) < 4.78 is 9.51. The third-order valence-corrected chi connectivity index (χ3v) is 14.5. The van der Waals surface area contributed by atoms with Crippen molar-refractivity contribution in [2.45, 2.75) is 19.3 Å². The zero-order valence-electron chi connectivity index (χ0n) is 33.2. The summed E-state index contributed by atoms with van der Waals surface area (Å²) in [6.07, 6.45) is 0. The molecular weight excluding hydrogens is 747 g/mol. The molecule has 0 amide bonds. The molecule has 282 valence electrons. The molecule has 0 saturated heterocycles. The van der Waals surface area contributed by atoms with Gasteiger partial charge in [-0.2, -0.15) is 0 Å². The second-order valence-electron chi connectivity index (χ2n) is 16.9. The molecule has 11 aromatic rings. The fourth-order valence-electron chi connectivity index (χ4n) is 10.4. The molecule has 0 unspecified atom stereocenters. The maximum Gasteiger partial charge on any atom is 0.333 e. The standard InChI is InChI=1S/C55H37BN2OS/c1-55(2,37-28-26-34-16-6-7-17-35(34)30-37)43-21-13-22-44-52(43)57-45-32-41-39-19-9-11-25-49(39)60-54(41)50-42-31-36(33-14-4-3-5-15-33)27-29-46(42)58(56(44)51(45)50)47-23-12-20-40-38-18-8-10-24-48(38)59-53(40)47/h3-32,57H,1-2H3. The maximum absolute atomic E-state index is 6.89. The van der Waals surface area contributed by atoms with Crippen LogP contribution in [0.4, 0.5) is 22.7 Å². The predicted octanol–water partition coefficient (Wildman–Crippen LogP) is 14.1. The Hall–Kier alpha value is -7.08. The number of nitrogens with one attached hydrogen (secondary N) is 1. The quantitative estimate of drug-likeness (QED) is 0.180. The molecule has 0 fully saturated rings. The predicted molar refractivity (Wildman–Crippen MR) is 257 cm³/mol. The van der Waals surface area contributed by atoms with E-state index < -0.39 is 0 Å². The van der Waals surface area contributed by atoms with Gasteiger partial charge in [0.2, 0.25) is 0 Å². The number of anilines is 4. The minimum Gasteiger partial charge on any atom is -0.454 e. The van der Waals surface area contributed by atoms with E-state index in [2.05, 4.69) is 206 Å². The van der Waals surface area contributed by atoms with Gasteiger partial charge in [0.15, 0.2) is 5.58 Å². The van der Waals surface area contributed by atoms with Crippen LogP contribution in [0.15, 0.2) is 186 Å². The lowest BCUT2D eigenvalue weighted by molar-refractivity contribution is 0.644. The van der Waals surface area contributed by atoms with Crippen LogP contribution in [-0.2, 0) is 5.41 Å². The van der Waals surface area contributed by atoms with E-state index in [9.17, 15) is 0 Å². The number of para-hydroxylation sites is 3. The minimum atomic E-state index is -0.317. The highest BCUT2D eigenvalue weighted by Gasteiger charge is 2.46. The zero-order chi connectivity index (χ0) is 39.7. The summed E-state index contributed by atoms with van der Waals surface area (Å²) in [4.78, 5) is 2.59.